The van der Waals surface area contributed by atoms with Crippen molar-refractivity contribution in [1.82, 2.24) is 10.2 Å². The lowest BCUT2D eigenvalue weighted by molar-refractivity contribution is -0.386. The SMILES string of the molecule is COc1cccc(C(=O)N[C@@H]2C(=O)N3C(C(=O)O)=C(COC(C)=O)CS[C@H]23)c1[N+](=O)[O-]. The van der Waals surface area contributed by atoms with Gasteiger partial charge in [-0.2, -0.15) is 0 Å². The predicted molar refractivity (Wildman–Crippen MR) is 105 cm³/mol. The van der Waals surface area contributed by atoms with E-state index >= 15 is 0 Å². The van der Waals surface area contributed by atoms with Gasteiger partial charge in [-0.1, -0.05) is 6.07 Å². The van der Waals surface area contributed by atoms with E-state index in [2.05, 4.69) is 5.32 Å². The minimum atomic E-state index is -1.37. The Labute approximate surface area is 179 Å². The van der Waals surface area contributed by atoms with Crippen LogP contribution in [0.5, 0.6) is 5.75 Å². The molecule has 2 atom stereocenters. The Hall–Kier alpha value is -3.61. The van der Waals surface area contributed by atoms with Crippen LogP contribution in [0.2, 0.25) is 0 Å². The number of carbonyl (C=O) groups excluding carboxylic acids is 3. The highest BCUT2D eigenvalue weighted by atomic mass is 32.2. The summed E-state index contributed by atoms with van der Waals surface area (Å²) in [5, 5.41) is 22.7. The van der Waals surface area contributed by atoms with Crippen LogP contribution in [0.25, 0.3) is 0 Å². The number of carbonyl (C=O) groups is 4. The molecule has 0 aliphatic carbocycles. The van der Waals surface area contributed by atoms with Gasteiger partial charge in [-0.05, 0) is 12.1 Å². The Morgan fingerprint density at radius 1 is 1.39 bits per heavy atom. The molecule has 0 saturated carbocycles. The number of hydrogen-bond donors (Lipinski definition) is 2. The number of ether oxygens (including phenoxy) is 2. The van der Waals surface area contributed by atoms with Crippen molar-refractivity contribution < 1.29 is 38.7 Å². The number of carboxylic acid groups (broad SMARTS) is 1. The van der Waals surface area contributed by atoms with Crippen LogP contribution in [0.3, 0.4) is 0 Å². The fraction of sp³-hybridized carbons (Fsp3) is 0.333. The van der Waals surface area contributed by atoms with Crippen molar-refractivity contribution in [1.29, 1.82) is 0 Å². The number of hydrogen-bond acceptors (Lipinski definition) is 9. The van der Waals surface area contributed by atoms with Crippen molar-refractivity contribution in [3.05, 3.63) is 45.1 Å². The lowest BCUT2D eigenvalue weighted by Gasteiger charge is -2.49. The maximum absolute atomic E-state index is 12.7. The molecule has 0 unspecified atom stereocenters. The molecule has 0 bridgehead atoms. The number of esters is 1. The zero-order chi connectivity index (χ0) is 22.9. The number of nitrogens with one attached hydrogen (secondary N) is 1. The largest absolute Gasteiger partial charge is 0.490 e. The number of rotatable bonds is 7. The van der Waals surface area contributed by atoms with Gasteiger partial charge in [0.15, 0.2) is 5.75 Å². The van der Waals surface area contributed by atoms with Crippen molar-refractivity contribution in [2.75, 3.05) is 19.5 Å². The van der Waals surface area contributed by atoms with Crippen molar-refractivity contribution >= 4 is 41.2 Å². The molecule has 1 aromatic rings. The number of nitro benzene ring substituents is 1. The zero-order valence-corrected chi connectivity index (χ0v) is 17.1. The van der Waals surface area contributed by atoms with Crippen LogP contribution >= 0.6 is 11.8 Å². The molecule has 164 valence electrons. The quantitative estimate of drug-likeness (QED) is 0.258. The number of aliphatic carboxylic acids is 1. The zero-order valence-electron chi connectivity index (χ0n) is 16.3. The van der Waals surface area contributed by atoms with Crippen LogP contribution in [-0.4, -0.2) is 69.6 Å². The summed E-state index contributed by atoms with van der Waals surface area (Å²) in [6.07, 6.45) is 0. The van der Waals surface area contributed by atoms with E-state index in [1.54, 1.807) is 0 Å². The number of para-hydroxylation sites is 1. The van der Waals surface area contributed by atoms with Crippen LogP contribution in [0.15, 0.2) is 29.5 Å². The Morgan fingerprint density at radius 2 is 2.10 bits per heavy atom. The molecule has 1 fully saturated rings. The molecular formula is C18H17N3O9S. The number of methoxy groups -OCH3 is 1. The van der Waals surface area contributed by atoms with Gasteiger partial charge in [0.1, 0.15) is 29.3 Å². The van der Waals surface area contributed by atoms with E-state index in [4.69, 9.17) is 9.47 Å². The Morgan fingerprint density at radius 3 is 2.68 bits per heavy atom. The molecule has 31 heavy (non-hydrogen) atoms. The van der Waals surface area contributed by atoms with Gasteiger partial charge in [0.25, 0.3) is 11.8 Å². The topological polar surface area (TPSA) is 165 Å². The highest BCUT2D eigenvalue weighted by molar-refractivity contribution is 8.00. The van der Waals surface area contributed by atoms with Gasteiger partial charge in [0.05, 0.1) is 12.0 Å². The first-order chi connectivity index (χ1) is 14.7. The second-order valence-electron chi connectivity index (χ2n) is 6.51. The number of nitro groups is 1. The van der Waals surface area contributed by atoms with E-state index in [1.165, 1.54) is 44.0 Å². The normalized spacial score (nSPS) is 19.8. The first kappa shape index (κ1) is 22.1. The second kappa shape index (κ2) is 8.63. The maximum Gasteiger partial charge on any atom is 0.352 e. The first-order valence-corrected chi connectivity index (χ1v) is 9.87. The van der Waals surface area contributed by atoms with Crippen molar-refractivity contribution in [3.63, 3.8) is 0 Å². The fourth-order valence-corrected chi connectivity index (χ4v) is 4.59. The molecule has 2 heterocycles. The molecule has 2 N–H and O–H groups in total. The summed E-state index contributed by atoms with van der Waals surface area (Å²) < 4.78 is 9.79. The van der Waals surface area contributed by atoms with Crippen molar-refractivity contribution in [3.8, 4) is 5.75 Å². The van der Waals surface area contributed by atoms with E-state index in [1.807, 2.05) is 0 Å². The molecule has 3 rings (SSSR count). The number of amides is 2. The number of carboxylic acids is 1. The smallest absolute Gasteiger partial charge is 0.352 e. The van der Waals surface area contributed by atoms with Gasteiger partial charge >= 0.3 is 17.6 Å². The molecule has 2 aliphatic heterocycles. The van der Waals surface area contributed by atoms with Crippen molar-refractivity contribution in [2.45, 2.75) is 18.3 Å². The van der Waals surface area contributed by atoms with E-state index < -0.39 is 45.8 Å². The van der Waals surface area contributed by atoms with Gasteiger partial charge < -0.3 is 19.9 Å². The van der Waals surface area contributed by atoms with Crippen LogP contribution in [0, 0.1) is 10.1 Å². The van der Waals surface area contributed by atoms with Crippen LogP contribution in [0.1, 0.15) is 17.3 Å². The van der Waals surface area contributed by atoms with E-state index in [-0.39, 0.29) is 34.9 Å². The van der Waals surface area contributed by atoms with E-state index in [0.717, 1.165) is 4.90 Å². The molecule has 2 amide bonds. The highest BCUT2D eigenvalue weighted by Gasteiger charge is 2.54. The summed E-state index contributed by atoms with van der Waals surface area (Å²) in [7, 11) is 1.23. The Kier molecular flexibility index (Phi) is 6.15. The molecular weight excluding hydrogens is 434 g/mol. The van der Waals surface area contributed by atoms with Gasteiger partial charge in [-0.15, -0.1) is 11.8 Å². The van der Waals surface area contributed by atoms with E-state index in [0.29, 0.717) is 0 Å². The summed E-state index contributed by atoms with van der Waals surface area (Å²) in [5.74, 6) is -3.46. The molecule has 13 heteroatoms. The number of benzene rings is 1. The summed E-state index contributed by atoms with van der Waals surface area (Å²) in [5.41, 5.74) is -0.878. The number of β-lactam (4-membered cyclic amide) rings is 1. The number of thioether (sulfide) groups is 1. The lowest BCUT2D eigenvalue weighted by Crippen LogP contribution is -2.70. The van der Waals surface area contributed by atoms with Crippen LogP contribution in [0.4, 0.5) is 5.69 Å². The third-order valence-electron chi connectivity index (χ3n) is 4.63. The average molecular weight is 451 g/mol. The highest BCUT2D eigenvalue weighted by Crippen LogP contribution is 2.40. The molecule has 0 aromatic heterocycles. The second-order valence-corrected chi connectivity index (χ2v) is 7.62. The summed E-state index contributed by atoms with van der Waals surface area (Å²) in [6, 6.07) is 2.88. The van der Waals surface area contributed by atoms with Gasteiger partial charge in [-0.25, -0.2) is 4.79 Å². The number of fused-ring (bicyclic) bond motifs is 1. The summed E-state index contributed by atoms with van der Waals surface area (Å²) in [6.45, 7) is 0.908. The third-order valence-corrected chi connectivity index (χ3v) is 5.97. The lowest BCUT2D eigenvalue weighted by atomic mass is 10.0. The molecule has 0 radical (unpaired) electrons. The third kappa shape index (κ3) is 4.03. The monoisotopic (exact) mass is 451 g/mol. The Balaban J connectivity index is 1.82. The molecule has 0 spiro atoms. The fourth-order valence-electron chi connectivity index (χ4n) is 3.26. The van der Waals surface area contributed by atoms with Crippen LogP contribution < -0.4 is 10.1 Å². The Bertz CT molecular complexity index is 1020. The maximum atomic E-state index is 12.7. The average Bonchev–Trinajstić information content (AvgIpc) is 2.73. The molecule has 12 nitrogen and oxygen atoms in total. The molecule has 2 aliphatic rings. The summed E-state index contributed by atoms with van der Waals surface area (Å²) in [4.78, 5) is 59.7. The van der Waals surface area contributed by atoms with Gasteiger partial charge in [0, 0.05) is 18.2 Å². The van der Waals surface area contributed by atoms with Gasteiger partial charge in [-0.3, -0.25) is 29.4 Å². The first-order valence-electron chi connectivity index (χ1n) is 8.83. The molecule has 1 aromatic carbocycles. The number of nitrogens with zero attached hydrogens (tertiary/aromatic N) is 2. The minimum absolute atomic E-state index is 0.113. The minimum Gasteiger partial charge on any atom is -0.490 e. The standard InChI is InChI=1S/C18H17N3O9S/c1-8(22)30-6-9-7-31-17-12(16(24)20(17)13(9)18(25)26)19-15(23)10-4-3-5-11(29-2)14(10)21(27)28/h3-5,12,17H,6-7H2,1-2H3,(H,19,23)(H,25,26)/t12-,17-/m1/s1. The van der Waals surface area contributed by atoms with Gasteiger partial charge in [0.2, 0.25) is 0 Å². The van der Waals surface area contributed by atoms with Crippen molar-refractivity contribution in [2.24, 2.45) is 0 Å². The summed E-state index contributed by atoms with van der Waals surface area (Å²) >= 11 is 1.18. The molecule has 1 saturated heterocycles. The van der Waals surface area contributed by atoms with E-state index in [9.17, 15) is 34.4 Å². The van der Waals surface area contributed by atoms with Crippen LogP contribution in [-0.2, 0) is 19.1 Å². The predicted octanol–water partition coefficient (Wildman–Crippen LogP) is 0.519.